The van der Waals surface area contributed by atoms with Gasteiger partial charge in [0.1, 0.15) is 0 Å². The second-order valence-corrected chi connectivity index (χ2v) is 7.64. The van der Waals surface area contributed by atoms with E-state index in [9.17, 15) is 4.79 Å². The lowest BCUT2D eigenvalue weighted by atomic mass is 9.92. The van der Waals surface area contributed by atoms with Crippen molar-refractivity contribution in [3.05, 3.63) is 20.8 Å². The highest BCUT2D eigenvalue weighted by molar-refractivity contribution is 9.11. The number of hydrogen-bond acceptors (Lipinski definition) is 3. The van der Waals surface area contributed by atoms with Gasteiger partial charge in [0.05, 0.1) is 3.79 Å². The first-order valence-electron chi connectivity index (χ1n) is 6.41. The van der Waals surface area contributed by atoms with E-state index in [0.717, 1.165) is 36.1 Å². The van der Waals surface area contributed by atoms with Gasteiger partial charge in [-0.1, -0.05) is 0 Å². The number of amides is 1. The van der Waals surface area contributed by atoms with Gasteiger partial charge in [0.15, 0.2) is 0 Å². The van der Waals surface area contributed by atoms with Crippen LogP contribution in [0.4, 0.5) is 0 Å². The summed E-state index contributed by atoms with van der Waals surface area (Å²) >= 11 is 5.10. The van der Waals surface area contributed by atoms with E-state index < -0.39 is 0 Å². The van der Waals surface area contributed by atoms with Crippen molar-refractivity contribution in [1.29, 1.82) is 0 Å². The molecule has 1 spiro atoms. The molecule has 19 heavy (non-hydrogen) atoms. The monoisotopic (exact) mass is 364 g/mol. The number of thiophene rings is 1. The van der Waals surface area contributed by atoms with E-state index in [1.807, 2.05) is 0 Å². The molecule has 2 N–H and O–H groups in total. The first kappa shape index (κ1) is 15.3. The molecular formula is C13H18BrClN2OS. The van der Waals surface area contributed by atoms with Crippen LogP contribution in [0.5, 0.6) is 0 Å². The average Bonchev–Trinajstić information content (AvgIpc) is 2.89. The van der Waals surface area contributed by atoms with Crippen LogP contribution >= 0.6 is 39.7 Å². The quantitative estimate of drug-likeness (QED) is 0.864. The van der Waals surface area contributed by atoms with Crippen LogP contribution in [0, 0.1) is 11.3 Å². The van der Waals surface area contributed by atoms with Crippen LogP contribution in [-0.2, 0) is 11.3 Å². The van der Waals surface area contributed by atoms with E-state index in [0.29, 0.717) is 12.0 Å². The Morgan fingerprint density at radius 2 is 2.26 bits per heavy atom. The molecule has 1 aromatic rings. The molecule has 3 rings (SSSR count). The van der Waals surface area contributed by atoms with E-state index in [1.165, 1.54) is 5.56 Å². The number of piperidine rings is 1. The predicted molar refractivity (Wildman–Crippen MR) is 83.8 cm³/mol. The van der Waals surface area contributed by atoms with Crippen LogP contribution in [0.2, 0.25) is 0 Å². The smallest absolute Gasteiger partial charge is 0.223 e. The normalized spacial score (nSPS) is 23.7. The highest BCUT2D eigenvalue weighted by Gasteiger charge is 2.57. The van der Waals surface area contributed by atoms with Crippen molar-refractivity contribution >= 4 is 45.6 Å². The Balaban J connectivity index is 0.00000133. The lowest BCUT2D eigenvalue weighted by Crippen LogP contribution is -2.33. The summed E-state index contributed by atoms with van der Waals surface area (Å²) < 4.78 is 1.12. The Morgan fingerprint density at radius 1 is 1.53 bits per heavy atom. The van der Waals surface area contributed by atoms with Crippen LogP contribution in [0.3, 0.4) is 0 Å². The zero-order valence-corrected chi connectivity index (χ0v) is 13.8. The largest absolute Gasteiger partial charge is 0.352 e. The Bertz CT molecular complexity index is 459. The molecule has 0 radical (unpaired) electrons. The summed E-state index contributed by atoms with van der Waals surface area (Å²) in [7, 11) is 0. The molecule has 0 aromatic carbocycles. The number of nitrogens with one attached hydrogen (secondary N) is 2. The van der Waals surface area contributed by atoms with Gasteiger partial charge in [-0.2, -0.15) is 0 Å². The molecule has 0 bridgehead atoms. The number of carbonyl (C=O) groups excluding carboxylic acids is 1. The molecule has 2 aliphatic rings. The molecule has 1 saturated carbocycles. The lowest BCUT2D eigenvalue weighted by Gasteiger charge is -2.23. The number of hydrogen-bond donors (Lipinski definition) is 2. The fourth-order valence-electron chi connectivity index (χ4n) is 2.95. The van der Waals surface area contributed by atoms with Gasteiger partial charge in [-0.05, 0) is 70.7 Å². The molecule has 1 atom stereocenters. The van der Waals surface area contributed by atoms with Gasteiger partial charge in [0, 0.05) is 12.5 Å². The van der Waals surface area contributed by atoms with Crippen LogP contribution in [0.1, 0.15) is 24.8 Å². The minimum atomic E-state index is 0. The van der Waals surface area contributed by atoms with E-state index >= 15 is 0 Å². The predicted octanol–water partition coefficient (Wildman–Crippen LogP) is 2.94. The number of halogens is 2. The first-order valence-corrected chi connectivity index (χ1v) is 8.08. The van der Waals surface area contributed by atoms with Crippen molar-refractivity contribution in [3.8, 4) is 0 Å². The summed E-state index contributed by atoms with van der Waals surface area (Å²) in [4.78, 5) is 12.1. The highest BCUT2D eigenvalue weighted by Crippen LogP contribution is 2.58. The van der Waals surface area contributed by atoms with Gasteiger partial charge in [0.2, 0.25) is 5.91 Å². The summed E-state index contributed by atoms with van der Waals surface area (Å²) in [6, 6.07) is 2.07. The fourth-order valence-corrected chi connectivity index (χ4v) is 4.16. The Kier molecular flexibility index (Phi) is 4.93. The van der Waals surface area contributed by atoms with Crippen molar-refractivity contribution in [2.45, 2.75) is 25.8 Å². The average molecular weight is 366 g/mol. The summed E-state index contributed by atoms with van der Waals surface area (Å²) in [5.41, 5.74) is 1.52. The van der Waals surface area contributed by atoms with Crippen molar-refractivity contribution in [3.63, 3.8) is 0 Å². The summed E-state index contributed by atoms with van der Waals surface area (Å²) in [6.07, 6.45) is 3.41. The third kappa shape index (κ3) is 3.32. The number of carbonyl (C=O) groups is 1. The molecule has 3 nitrogen and oxygen atoms in total. The second-order valence-electron chi connectivity index (χ2n) is 5.35. The van der Waals surface area contributed by atoms with Crippen molar-refractivity contribution < 1.29 is 4.79 Å². The maximum Gasteiger partial charge on any atom is 0.223 e. The molecule has 1 aromatic heterocycles. The summed E-state index contributed by atoms with van der Waals surface area (Å²) in [6.45, 7) is 2.80. The zero-order chi connectivity index (χ0) is 12.6. The van der Waals surface area contributed by atoms with E-state index in [2.05, 4.69) is 38.0 Å². The van der Waals surface area contributed by atoms with Gasteiger partial charge >= 0.3 is 0 Å². The van der Waals surface area contributed by atoms with Gasteiger partial charge in [0.25, 0.3) is 0 Å². The van der Waals surface area contributed by atoms with Gasteiger partial charge in [-0.15, -0.1) is 23.7 Å². The molecule has 1 saturated heterocycles. The van der Waals surface area contributed by atoms with Crippen molar-refractivity contribution in [2.24, 2.45) is 11.3 Å². The van der Waals surface area contributed by atoms with Crippen molar-refractivity contribution in [2.75, 3.05) is 13.1 Å². The van der Waals surface area contributed by atoms with Crippen LogP contribution in [0.25, 0.3) is 0 Å². The summed E-state index contributed by atoms with van der Waals surface area (Å²) in [5, 5.41) is 8.52. The van der Waals surface area contributed by atoms with Crippen LogP contribution in [-0.4, -0.2) is 19.0 Å². The molecule has 1 aliphatic carbocycles. The lowest BCUT2D eigenvalue weighted by molar-refractivity contribution is -0.123. The molecule has 1 amide bonds. The molecule has 1 aliphatic heterocycles. The SMILES string of the molecule is Cl.O=C(NCc1csc(Br)c1)C1CC12CCNCC2. The molecule has 6 heteroatoms. The van der Waals surface area contributed by atoms with E-state index in [4.69, 9.17) is 0 Å². The molecular weight excluding hydrogens is 348 g/mol. The van der Waals surface area contributed by atoms with E-state index in [1.54, 1.807) is 11.3 Å². The number of rotatable bonds is 3. The Hall–Kier alpha value is -0.100. The standard InChI is InChI=1S/C13H17BrN2OS.ClH/c14-11-5-9(8-18-11)7-16-12(17)10-6-13(10)1-3-15-4-2-13;/h5,8,10,15H,1-4,6-7H2,(H,16,17);1H. The highest BCUT2D eigenvalue weighted by atomic mass is 79.9. The maximum absolute atomic E-state index is 12.1. The summed E-state index contributed by atoms with van der Waals surface area (Å²) in [5.74, 6) is 0.515. The molecule has 106 valence electrons. The second kappa shape index (κ2) is 6.12. The molecule has 2 heterocycles. The zero-order valence-electron chi connectivity index (χ0n) is 10.6. The van der Waals surface area contributed by atoms with Crippen LogP contribution < -0.4 is 10.6 Å². The molecule has 1 unspecified atom stereocenters. The van der Waals surface area contributed by atoms with Crippen LogP contribution in [0.15, 0.2) is 15.2 Å². The maximum atomic E-state index is 12.1. The van der Waals surface area contributed by atoms with E-state index in [-0.39, 0.29) is 24.2 Å². The van der Waals surface area contributed by atoms with Gasteiger partial charge in [-0.25, -0.2) is 0 Å². The first-order chi connectivity index (χ1) is 8.70. The Labute approximate surface area is 132 Å². The van der Waals surface area contributed by atoms with Crippen molar-refractivity contribution in [1.82, 2.24) is 10.6 Å². The van der Waals surface area contributed by atoms with Gasteiger partial charge in [-0.3, -0.25) is 4.79 Å². The fraction of sp³-hybridized carbons (Fsp3) is 0.615. The Morgan fingerprint density at radius 3 is 2.89 bits per heavy atom. The third-order valence-electron chi connectivity index (χ3n) is 4.19. The third-order valence-corrected chi connectivity index (χ3v) is 5.75. The minimum Gasteiger partial charge on any atom is -0.352 e. The topological polar surface area (TPSA) is 41.1 Å². The van der Waals surface area contributed by atoms with Gasteiger partial charge < -0.3 is 10.6 Å². The minimum absolute atomic E-state index is 0. The molecule has 2 fully saturated rings.